The number of amides is 1. The summed E-state index contributed by atoms with van der Waals surface area (Å²) in [6.45, 7) is 8.78. The van der Waals surface area contributed by atoms with Gasteiger partial charge in [0.1, 0.15) is 17.5 Å². The number of rotatable bonds is 10. The number of nitrogens with zero attached hydrogens (tertiary/aromatic N) is 4. The molecule has 0 spiro atoms. The second-order valence-electron chi connectivity index (χ2n) is 5.79. The molecule has 0 aliphatic carbocycles. The van der Waals surface area contributed by atoms with Gasteiger partial charge < -0.3 is 20.5 Å². The highest BCUT2D eigenvalue weighted by atomic mass is 32.2. The van der Waals surface area contributed by atoms with E-state index in [2.05, 4.69) is 27.1 Å². The van der Waals surface area contributed by atoms with Gasteiger partial charge in [-0.2, -0.15) is 0 Å². The van der Waals surface area contributed by atoms with Crippen molar-refractivity contribution in [2.75, 3.05) is 30.0 Å². The Labute approximate surface area is 181 Å². The summed E-state index contributed by atoms with van der Waals surface area (Å²) in [6, 6.07) is -0.801. The van der Waals surface area contributed by atoms with Crippen LogP contribution < -0.4 is 11.1 Å². The number of thioether (sulfide) groups is 1. The maximum Gasteiger partial charge on any atom is 0.350 e. The third kappa shape index (κ3) is 5.79. The number of hydrogen-bond donors (Lipinski definition) is 2. The molecule has 1 unspecified atom stereocenters. The lowest BCUT2D eigenvalue weighted by molar-refractivity contribution is -0.139. The molecule has 13 heteroatoms. The molecule has 0 aliphatic heterocycles. The summed E-state index contributed by atoms with van der Waals surface area (Å²) < 4.78 is 11.3. The number of aryl methyl sites for hydroxylation is 1. The van der Waals surface area contributed by atoms with E-state index in [9.17, 15) is 14.4 Å². The third-order valence-corrected chi connectivity index (χ3v) is 5.60. The molecule has 2 rings (SSSR count). The quantitative estimate of drug-likeness (QED) is 0.309. The average molecular weight is 455 g/mol. The van der Waals surface area contributed by atoms with Crippen LogP contribution in [0.25, 0.3) is 0 Å². The minimum absolute atomic E-state index is 0.00215. The molecule has 162 valence electrons. The molecule has 1 atom stereocenters. The van der Waals surface area contributed by atoms with E-state index in [0.29, 0.717) is 10.9 Å². The van der Waals surface area contributed by atoms with Gasteiger partial charge >= 0.3 is 11.9 Å². The van der Waals surface area contributed by atoms with E-state index in [0.717, 1.165) is 23.1 Å². The van der Waals surface area contributed by atoms with Crippen molar-refractivity contribution in [2.24, 2.45) is 0 Å². The van der Waals surface area contributed by atoms with Crippen LogP contribution in [-0.4, -0.2) is 56.6 Å². The number of ether oxygens (including phenoxy) is 2. The van der Waals surface area contributed by atoms with E-state index < -0.39 is 23.9 Å². The molecule has 0 radical (unpaired) electrons. The Hall–Kier alpha value is -2.93. The smallest absolute Gasteiger partial charge is 0.350 e. The lowest BCUT2D eigenvalue weighted by Crippen LogP contribution is -2.25. The number of esters is 2. The molecule has 2 aromatic rings. The van der Waals surface area contributed by atoms with Gasteiger partial charge in [-0.05, 0) is 20.8 Å². The fourth-order valence-corrected chi connectivity index (χ4v) is 3.93. The van der Waals surface area contributed by atoms with Gasteiger partial charge in [0.25, 0.3) is 0 Å². The molecule has 2 aromatic heterocycles. The Morgan fingerprint density at radius 3 is 2.77 bits per heavy atom. The van der Waals surface area contributed by atoms with Crippen LogP contribution in [0.15, 0.2) is 17.8 Å². The number of hydrogen-bond acceptors (Lipinski definition) is 11. The molecule has 0 aliphatic rings. The lowest BCUT2D eigenvalue weighted by Gasteiger charge is -2.15. The van der Waals surface area contributed by atoms with Gasteiger partial charge in [-0.15, -0.1) is 10.2 Å². The van der Waals surface area contributed by atoms with Gasteiger partial charge in [0.05, 0.1) is 18.1 Å². The van der Waals surface area contributed by atoms with E-state index in [4.69, 9.17) is 15.2 Å². The third-order valence-electron chi connectivity index (χ3n) is 3.63. The SMILES string of the molecule is C=CCOC(=O)c1sc(NC(=O)C(C)n2c(N)nnc2SCC(=O)OCC)nc1C. The molecule has 0 aromatic carbocycles. The minimum Gasteiger partial charge on any atom is -0.465 e. The zero-order valence-corrected chi connectivity index (χ0v) is 18.3. The number of anilines is 2. The molecule has 11 nitrogen and oxygen atoms in total. The van der Waals surface area contributed by atoms with Crippen molar-refractivity contribution in [3.8, 4) is 0 Å². The Kier molecular flexibility index (Phi) is 8.35. The zero-order valence-electron chi connectivity index (χ0n) is 16.7. The molecule has 3 N–H and O–H groups in total. The molecular formula is C17H22N6O5S2. The molecule has 0 saturated heterocycles. The molecule has 0 saturated carbocycles. The topological polar surface area (TPSA) is 151 Å². The summed E-state index contributed by atoms with van der Waals surface area (Å²) in [5.74, 6) is -1.38. The van der Waals surface area contributed by atoms with Crippen LogP contribution in [0.2, 0.25) is 0 Å². The standard InChI is InChI=1S/C17H22N6O5S2/c1-5-7-28-14(26)12-9(3)19-16(30-12)20-13(25)10(4)23-15(18)21-22-17(23)29-8-11(24)27-6-2/h5,10H,1,6-8H2,2-4H3,(H2,18,21)(H,19,20,25). The van der Waals surface area contributed by atoms with E-state index in [-0.39, 0.29) is 34.9 Å². The summed E-state index contributed by atoms with van der Waals surface area (Å²) in [6.07, 6.45) is 1.46. The molecular weight excluding hydrogens is 432 g/mol. The predicted molar refractivity (Wildman–Crippen MR) is 112 cm³/mol. The van der Waals surface area contributed by atoms with E-state index in [1.165, 1.54) is 10.6 Å². The second kappa shape index (κ2) is 10.7. The fourth-order valence-electron chi connectivity index (χ4n) is 2.24. The van der Waals surface area contributed by atoms with E-state index >= 15 is 0 Å². The van der Waals surface area contributed by atoms with Crippen LogP contribution in [0.1, 0.15) is 35.3 Å². The predicted octanol–water partition coefficient (Wildman–Crippen LogP) is 1.82. The zero-order chi connectivity index (χ0) is 22.3. The number of nitrogens with two attached hydrogens (primary N) is 1. The van der Waals surface area contributed by atoms with E-state index in [1.54, 1.807) is 20.8 Å². The Balaban J connectivity index is 2.10. The van der Waals surface area contributed by atoms with Gasteiger partial charge in [0.15, 0.2) is 10.3 Å². The van der Waals surface area contributed by atoms with Crippen LogP contribution in [0.3, 0.4) is 0 Å². The highest BCUT2D eigenvalue weighted by Crippen LogP contribution is 2.27. The first-order chi connectivity index (χ1) is 14.3. The van der Waals surface area contributed by atoms with Crippen molar-refractivity contribution in [2.45, 2.75) is 32.0 Å². The van der Waals surface area contributed by atoms with Gasteiger partial charge in [-0.1, -0.05) is 35.8 Å². The number of nitrogens with one attached hydrogen (secondary N) is 1. The average Bonchev–Trinajstić information content (AvgIpc) is 3.26. The summed E-state index contributed by atoms with van der Waals surface area (Å²) in [5.41, 5.74) is 6.29. The fraction of sp³-hybridized carbons (Fsp3) is 0.412. The number of thiazole rings is 1. The molecule has 0 fully saturated rings. The van der Waals surface area contributed by atoms with Gasteiger partial charge in [0.2, 0.25) is 11.9 Å². The Bertz CT molecular complexity index is 941. The first-order valence-corrected chi connectivity index (χ1v) is 10.6. The van der Waals surface area contributed by atoms with Crippen LogP contribution in [0, 0.1) is 6.92 Å². The minimum atomic E-state index is -0.801. The van der Waals surface area contributed by atoms with Crippen LogP contribution in [-0.2, 0) is 19.1 Å². The summed E-state index contributed by atoms with van der Waals surface area (Å²) in [7, 11) is 0. The van der Waals surface area contributed by atoms with Crippen LogP contribution >= 0.6 is 23.1 Å². The van der Waals surface area contributed by atoms with Crippen molar-refractivity contribution >= 4 is 52.0 Å². The number of carbonyl (C=O) groups excluding carboxylic acids is 3. The Morgan fingerprint density at radius 1 is 1.37 bits per heavy atom. The maximum absolute atomic E-state index is 12.7. The summed E-state index contributed by atoms with van der Waals surface area (Å²) in [5, 5.41) is 10.9. The number of carbonyl (C=O) groups is 3. The van der Waals surface area contributed by atoms with Crippen LogP contribution in [0.4, 0.5) is 11.1 Å². The highest BCUT2D eigenvalue weighted by molar-refractivity contribution is 7.99. The number of aromatic nitrogens is 4. The highest BCUT2D eigenvalue weighted by Gasteiger charge is 2.25. The van der Waals surface area contributed by atoms with Crippen molar-refractivity contribution in [1.29, 1.82) is 0 Å². The van der Waals surface area contributed by atoms with Crippen molar-refractivity contribution < 1.29 is 23.9 Å². The van der Waals surface area contributed by atoms with Crippen molar-refractivity contribution in [1.82, 2.24) is 19.7 Å². The van der Waals surface area contributed by atoms with Gasteiger partial charge in [-0.25, -0.2) is 9.78 Å². The molecule has 0 bridgehead atoms. The lowest BCUT2D eigenvalue weighted by atomic mass is 10.3. The molecule has 2 heterocycles. The van der Waals surface area contributed by atoms with Gasteiger partial charge in [0, 0.05) is 0 Å². The molecule has 30 heavy (non-hydrogen) atoms. The Morgan fingerprint density at radius 2 is 2.10 bits per heavy atom. The first-order valence-electron chi connectivity index (χ1n) is 8.83. The van der Waals surface area contributed by atoms with Crippen molar-refractivity contribution in [3.05, 3.63) is 23.2 Å². The summed E-state index contributed by atoms with van der Waals surface area (Å²) in [4.78, 5) is 40.8. The van der Waals surface area contributed by atoms with Crippen LogP contribution in [0.5, 0.6) is 0 Å². The monoisotopic (exact) mass is 454 g/mol. The largest absolute Gasteiger partial charge is 0.465 e. The summed E-state index contributed by atoms with van der Waals surface area (Å²) >= 11 is 2.06. The van der Waals surface area contributed by atoms with Crippen molar-refractivity contribution in [3.63, 3.8) is 0 Å². The maximum atomic E-state index is 12.7. The molecule has 1 amide bonds. The normalized spacial score (nSPS) is 11.6. The van der Waals surface area contributed by atoms with E-state index in [1.807, 2.05) is 0 Å². The van der Waals surface area contributed by atoms with Gasteiger partial charge in [-0.3, -0.25) is 14.2 Å². The first kappa shape index (κ1) is 23.3. The number of nitrogen functional groups attached to an aromatic ring is 1. The second-order valence-corrected chi connectivity index (χ2v) is 7.73.